The molecule has 0 spiro atoms. The van der Waals surface area contributed by atoms with E-state index in [9.17, 15) is 13.2 Å². The fourth-order valence-corrected chi connectivity index (χ4v) is 8.51. The van der Waals surface area contributed by atoms with Crippen molar-refractivity contribution in [3.63, 3.8) is 0 Å². The predicted molar refractivity (Wildman–Crippen MR) is 116 cm³/mol. The Labute approximate surface area is 176 Å². The maximum Gasteiger partial charge on any atom is 0.573 e. The third-order valence-electron chi connectivity index (χ3n) is 7.45. The van der Waals surface area contributed by atoms with Crippen LogP contribution in [-0.4, -0.2) is 15.2 Å². The number of benzene rings is 1. The van der Waals surface area contributed by atoms with Gasteiger partial charge in [-0.25, -0.2) is 0 Å². The molecular formula is C24H37F3OSi. The lowest BCUT2D eigenvalue weighted by Gasteiger charge is -2.29. The molecule has 1 aliphatic heterocycles. The van der Waals surface area contributed by atoms with Gasteiger partial charge in [0.25, 0.3) is 0 Å². The van der Waals surface area contributed by atoms with Gasteiger partial charge < -0.3 is 4.74 Å². The van der Waals surface area contributed by atoms with E-state index < -0.39 is 6.36 Å². The van der Waals surface area contributed by atoms with Gasteiger partial charge in [0.15, 0.2) is 0 Å². The van der Waals surface area contributed by atoms with Crippen LogP contribution >= 0.6 is 0 Å². The zero-order chi connectivity index (χ0) is 20.7. The number of alkyl halides is 3. The van der Waals surface area contributed by atoms with Crippen LogP contribution in [0.5, 0.6) is 5.75 Å². The summed E-state index contributed by atoms with van der Waals surface area (Å²) in [6.45, 7) is 2.39. The van der Waals surface area contributed by atoms with Crippen LogP contribution in [0.2, 0.25) is 18.1 Å². The minimum Gasteiger partial charge on any atom is -0.406 e. The number of hydrogen-bond donors (Lipinski definition) is 0. The van der Waals surface area contributed by atoms with Crippen LogP contribution < -0.4 is 4.74 Å². The molecule has 1 aromatic carbocycles. The Bertz CT molecular complexity index is 585. The second-order valence-electron chi connectivity index (χ2n) is 9.41. The minimum absolute atomic E-state index is 0.125. The van der Waals surface area contributed by atoms with Crippen LogP contribution in [0.15, 0.2) is 24.3 Å². The van der Waals surface area contributed by atoms with Crippen molar-refractivity contribution in [2.75, 3.05) is 0 Å². The molecule has 1 aromatic rings. The van der Waals surface area contributed by atoms with Gasteiger partial charge in [-0.15, -0.1) is 13.2 Å². The minimum atomic E-state index is -4.61. The molecule has 164 valence electrons. The Hall–Kier alpha value is -0.973. The van der Waals surface area contributed by atoms with Crippen molar-refractivity contribution in [1.29, 1.82) is 0 Å². The molecular weight excluding hydrogens is 389 g/mol. The van der Waals surface area contributed by atoms with Crippen molar-refractivity contribution in [3.05, 3.63) is 29.8 Å². The summed E-state index contributed by atoms with van der Waals surface area (Å²) in [6, 6.07) is 11.2. The standard InChI is InChI=1S/C24H37F3OSi/c1-2-29-17-15-20(16-18-29)6-4-3-5-19-7-9-21(10-8-19)22-11-13-23(14-12-22)28-24(25,26)27/h11-14,19-21,29H,2-10,15-18H2,1H3/t19-,20?,21-,29?. The summed E-state index contributed by atoms with van der Waals surface area (Å²) in [5.74, 6) is 2.23. The van der Waals surface area contributed by atoms with E-state index >= 15 is 0 Å². The zero-order valence-electron chi connectivity index (χ0n) is 17.9. The number of ether oxygens (including phenoxy) is 1. The summed E-state index contributed by atoms with van der Waals surface area (Å²) in [5, 5.41) is 0. The fraction of sp³-hybridized carbons (Fsp3) is 0.750. The topological polar surface area (TPSA) is 9.23 Å². The largest absolute Gasteiger partial charge is 0.573 e. The molecule has 1 nitrogen and oxygen atoms in total. The van der Waals surface area contributed by atoms with E-state index in [1.807, 2.05) is 12.1 Å². The highest BCUT2D eigenvalue weighted by Crippen LogP contribution is 2.39. The van der Waals surface area contributed by atoms with E-state index in [-0.39, 0.29) is 14.5 Å². The third kappa shape index (κ3) is 7.65. The lowest BCUT2D eigenvalue weighted by atomic mass is 9.77. The highest BCUT2D eigenvalue weighted by atomic mass is 28.3. The molecule has 0 aromatic heterocycles. The molecule has 0 atom stereocenters. The van der Waals surface area contributed by atoms with Gasteiger partial charge in [0.05, 0.1) is 0 Å². The summed E-state index contributed by atoms with van der Waals surface area (Å²) in [5.41, 5.74) is 1.16. The van der Waals surface area contributed by atoms with Crippen LogP contribution in [-0.2, 0) is 0 Å². The van der Waals surface area contributed by atoms with E-state index in [0.717, 1.165) is 30.2 Å². The number of hydrogen-bond acceptors (Lipinski definition) is 1. The average molecular weight is 427 g/mol. The van der Waals surface area contributed by atoms with E-state index in [1.165, 1.54) is 69.5 Å². The zero-order valence-corrected chi connectivity index (χ0v) is 19.0. The molecule has 5 heteroatoms. The van der Waals surface area contributed by atoms with Gasteiger partial charge in [-0.2, -0.15) is 0 Å². The van der Waals surface area contributed by atoms with E-state index in [2.05, 4.69) is 11.7 Å². The van der Waals surface area contributed by atoms with E-state index in [0.29, 0.717) is 5.92 Å². The maximum absolute atomic E-state index is 12.3. The SMILES string of the molecule is CC[SiH]1CCC(CCCC[C@H]2CC[C@H](c3ccc(OC(F)(F)F)cc3)CC2)CC1. The van der Waals surface area contributed by atoms with Crippen LogP contribution in [0.4, 0.5) is 13.2 Å². The second-order valence-corrected chi connectivity index (χ2v) is 13.1. The summed E-state index contributed by atoms with van der Waals surface area (Å²) in [6.07, 6.45) is 8.87. The van der Waals surface area contributed by atoms with Gasteiger partial charge >= 0.3 is 6.36 Å². The molecule has 29 heavy (non-hydrogen) atoms. The Kier molecular flexibility index (Phi) is 8.52. The van der Waals surface area contributed by atoms with Crippen LogP contribution in [0.25, 0.3) is 0 Å². The first-order valence-electron chi connectivity index (χ1n) is 11.8. The number of unbranched alkanes of at least 4 members (excludes halogenated alkanes) is 1. The summed E-state index contributed by atoms with van der Waals surface area (Å²) < 4.78 is 40.8. The molecule has 3 rings (SSSR count). The van der Waals surface area contributed by atoms with E-state index in [4.69, 9.17) is 0 Å². The molecule has 1 aliphatic carbocycles. The molecule has 0 unspecified atom stereocenters. The van der Waals surface area contributed by atoms with Gasteiger partial charge in [-0.3, -0.25) is 0 Å². The molecule has 1 saturated heterocycles. The highest BCUT2D eigenvalue weighted by molar-refractivity contribution is 6.58. The Morgan fingerprint density at radius 3 is 1.93 bits per heavy atom. The van der Waals surface area contributed by atoms with Crippen molar-refractivity contribution >= 4 is 8.80 Å². The van der Waals surface area contributed by atoms with E-state index in [1.54, 1.807) is 12.1 Å². The van der Waals surface area contributed by atoms with Crippen molar-refractivity contribution < 1.29 is 17.9 Å². The molecule has 0 amide bonds. The van der Waals surface area contributed by atoms with Crippen LogP contribution in [0.1, 0.15) is 82.6 Å². The van der Waals surface area contributed by atoms with Gasteiger partial charge in [0.1, 0.15) is 5.75 Å². The highest BCUT2D eigenvalue weighted by Gasteiger charge is 2.31. The monoisotopic (exact) mass is 426 g/mol. The lowest BCUT2D eigenvalue weighted by molar-refractivity contribution is -0.274. The smallest absolute Gasteiger partial charge is 0.406 e. The first-order valence-corrected chi connectivity index (χ1v) is 14.2. The molecule has 1 heterocycles. The van der Waals surface area contributed by atoms with Crippen molar-refractivity contribution in [1.82, 2.24) is 0 Å². The second kappa shape index (κ2) is 10.9. The Balaban J connectivity index is 1.30. The normalized spacial score (nSPS) is 28.3. The van der Waals surface area contributed by atoms with Gasteiger partial charge in [0, 0.05) is 8.80 Å². The van der Waals surface area contributed by atoms with Gasteiger partial charge in [-0.05, 0) is 61.1 Å². The number of rotatable bonds is 8. The number of halogens is 3. The predicted octanol–water partition coefficient (Wildman–Crippen LogP) is 8.08. The maximum atomic E-state index is 12.3. The van der Waals surface area contributed by atoms with Crippen molar-refractivity contribution in [2.45, 2.75) is 102 Å². The third-order valence-corrected chi connectivity index (χ3v) is 10.9. The summed E-state index contributed by atoms with van der Waals surface area (Å²) in [4.78, 5) is 0. The Morgan fingerprint density at radius 2 is 1.41 bits per heavy atom. The molecule has 1 saturated carbocycles. The van der Waals surface area contributed by atoms with Crippen molar-refractivity contribution in [2.24, 2.45) is 11.8 Å². The summed E-state index contributed by atoms with van der Waals surface area (Å²) >= 11 is 0. The first-order chi connectivity index (χ1) is 13.9. The molecule has 2 fully saturated rings. The Morgan fingerprint density at radius 1 is 0.862 bits per heavy atom. The van der Waals surface area contributed by atoms with Crippen LogP contribution in [0, 0.1) is 11.8 Å². The lowest BCUT2D eigenvalue weighted by Crippen LogP contribution is -2.20. The first kappa shape index (κ1) is 22.7. The van der Waals surface area contributed by atoms with Gasteiger partial charge in [-0.1, -0.05) is 75.7 Å². The van der Waals surface area contributed by atoms with Gasteiger partial charge in [0.2, 0.25) is 0 Å². The molecule has 2 aliphatic rings. The van der Waals surface area contributed by atoms with Crippen LogP contribution in [0.3, 0.4) is 0 Å². The van der Waals surface area contributed by atoms with Crippen molar-refractivity contribution in [3.8, 4) is 5.75 Å². The quantitative estimate of drug-likeness (QED) is 0.301. The molecule has 0 N–H and O–H groups in total. The summed E-state index contributed by atoms with van der Waals surface area (Å²) in [7, 11) is -0.310. The molecule has 0 radical (unpaired) electrons. The fourth-order valence-electron chi connectivity index (χ4n) is 5.52. The molecule has 0 bridgehead atoms. The average Bonchev–Trinajstić information content (AvgIpc) is 2.72.